The summed E-state index contributed by atoms with van der Waals surface area (Å²) >= 11 is 0. The molecule has 3 heterocycles. The average molecular weight is 706 g/mol. The second-order valence-corrected chi connectivity index (χ2v) is 13.8. The molecule has 10 nitrogen and oxygen atoms in total. The fraction of sp³-hybridized carbons (Fsp3) is 0.487. The van der Waals surface area contributed by atoms with Crippen molar-refractivity contribution in [2.45, 2.75) is 102 Å². The number of benzene rings is 2. The number of hydrogen-bond acceptors (Lipinski definition) is 7. The van der Waals surface area contributed by atoms with E-state index in [1.165, 1.54) is 19.1 Å². The highest BCUT2D eigenvalue weighted by Crippen LogP contribution is 2.34. The molecule has 2 aliphatic heterocycles. The third kappa shape index (κ3) is 9.55. The van der Waals surface area contributed by atoms with Gasteiger partial charge >= 0.3 is 0 Å². The summed E-state index contributed by atoms with van der Waals surface area (Å²) in [4.78, 5) is 46.9. The number of aryl methyl sites for hydroxylation is 1. The molecule has 3 aromatic rings. The molecule has 12 heteroatoms. The smallest absolute Gasteiger partial charge is 0.249 e. The predicted molar refractivity (Wildman–Crippen MR) is 188 cm³/mol. The normalized spacial score (nSPS) is 22.7. The maximum absolute atomic E-state index is 14.4. The number of carbonyl (C=O) groups is 3. The van der Waals surface area contributed by atoms with Crippen LogP contribution in [-0.4, -0.2) is 81.7 Å². The fourth-order valence-electron chi connectivity index (χ4n) is 7.40. The van der Waals surface area contributed by atoms with Gasteiger partial charge in [-0.3, -0.25) is 19.4 Å². The van der Waals surface area contributed by atoms with Crippen LogP contribution >= 0.6 is 0 Å². The van der Waals surface area contributed by atoms with Crippen molar-refractivity contribution in [3.8, 4) is 0 Å². The number of nitrogens with one attached hydrogen (secondary N) is 3. The SMILES string of the molecule is CCC(C)[C@@]1(NC(C)=O)CCN([C@@H](CCc2ccccc2)C(=O)N[C@@H](Cc2cc(F)cc(F)c2)[C@H](O)[C@H]2C[C@@H](OCc3ccccn3)CN2)C1=O. The van der Waals surface area contributed by atoms with Crippen molar-refractivity contribution in [3.05, 3.63) is 101 Å². The third-order valence-electron chi connectivity index (χ3n) is 10.3. The third-order valence-corrected chi connectivity index (χ3v) is 10.3. The Kier molecular flexibility index (Phi) is 12.9. The maximum atomic E-state index is 14.4. The van der Waals surface area contributed by atoms with E-state index in [0.29, 0.717) is 38.8 Å². The minimum absolute atomic E-state index is 0.0682. The molecule has 2 fully saturated rings. The Morgan fingerprint density at radius 3 is 2.49 bits per heavy atom. The maximum Gasteiger partial charge on any atom is 0.249 e. The molecule has 2 saturated heterocycles. The van der Waals surface area contributed by atoms with Crippen LogP contribution in [0.3, 0.4) is 0 Å². The van der Waals surface area contributed by atoms with E-state index in [4.69, 9.17) is 4.74 Å². The molecular formula is C39H49F2N5O5. The molecule has 274 valence electrons. The van der Waals surface area contributed by atoms with Crippen molar-refractivity contribution >= 4 is 17.7 Å². The molecule has 0 spiro atoms. The van der Waals surface area contributed by atoms with Crippen LogP contribution in [-0.2, 0) is 38.6 Å². The first-order chi connectivity index (χ1) is 24.5. The second kappa shape index (κ2) is 17.3. The lowest BCUT2D eigenvalue weighted by atomic mass is 9.81. The molecule has 0 bridgehead atoms. The monoisotopic (exact) mass is 705 g/mol. The number of hydrogen-bond donors (Lipinski definition) is 4. The highest BCUT2D eigenvalue weighted by molar-refractivity contribution is 5.96. The van der Waals surface area contributed by atoms with Crippen LogP contribution in [0.25, 0.3) is 0 Å². The molecular weight excluding hydrogens is 656 g/mol. The van der Waals surface area contributed by atoms with Crippen molar-refractivity contribution in [1.82, 2.24) is 25.8 Å². The molecule has 5 rings (SSSR count). The summed E-state index contributed by atoms with van der Waals surface area (Å²) in [6.07, 6.45) is 2.38. The number of pyridine rings is 1. The Hall–Kier alpha value is -4.26. The second-order valence-electron chi connectivity index (χ2n) is 13.8. The van der Waals surface area contributed by atoms with Gasteiger partial charge in [0.1, 0.15) is 23.2 Å². The number of likely N-dealkylation sites (tertiary alicyclic amines) is 1. The lowest BCUT2D eigenvalue weighted by Crippen LogP contribution is -2.61. The summed E-state index contributed by atoms with van der Waals surface area (Å²) < 4.78 is 34.7. The van der Waals surface area contributed by atoms with Gasteiger partial charge in [0.2, 0.25) is 17.7 Å². The van der Waals surface area contributed by atoms with Gasteiger partial charge in [-0.1, -0.05) is 56.7 Å². The Bertz CT molecular complexity index is 1610. The Balaban J connectivity index is 1.39. The summed E-state index contributed by atoms with van der Waals surface area (Å²) in [5, 5.41) is 21.0. The first-order valence-electron chi connectivity index (χ1n) is 17.8. The summed E-state index contributed by atoms with van der Waals surface area (Å²) in [5.41, 5.74) is 0.865. The Morgan fingerprint density at radius 1 is 1.10 bits per heavy atom. The number of halogens is 2. The number of aromatic nitrogens is 1. The molecule has 3 amide bonds. The summed E-state index contributed by atoms with van der Waals surface area (Å²) in [7, 11) is 0. The van der Waals surface area contributed by atoms with Gasteiger partial charge in [0.25, 0.3) is 0 Å². The average Bonchev–Trinajstić information content (AvgIpc) is 3.72. The molecule has 2 aromatic carbocycles. The molecule has 0 aliphatic carbocycles. The van der Waals surface area contributed by atoms with E-state index in [0.717, 1.165) is 17.3 Å². The van der Waals surface area contributed by atoms with Crippen LogP contribution in [0.4, 0.5) is 8.78 Å². The minimum Gasteiger partial charge on any atom is -0.389 e. The van der Waals surface area contributed by atoms with E-state index in [9.17, 15) is 28.3 Å². The van der Waals surface area contributed by atoms with Crippen molar-refractivity contribution in [1.29, 1.82) is 0 Å². The number of aliphatic hydroxyl groups is 1. The zero-order valence-electron chi connectivity index (χ0n) is 29.5. The first kappa shape index (κ1) is 38.0. The molecule has 4 N–H and O–H groups in total. The van der Waals surface area contributed by atoms with Gasteiger partial charge in [0, 0.05) is 38.3 Å². The van der Waals surface area contributed by atoms with E-state index in [2.05, 4.69) is 20.9 Å². The highest BCUT2D eigenvalue weighted by Gasteiger charge is 2.53. The van der Waals surface area contributed by atoms with Crippen LogP contribution in [0.1, 0.15) is 63.3 Å². The van der Waals surface area contributed by atoms with E-state index in [1.54, 1.807) is 11.1 Å². The topological polar surface area (TPSA) is 133 Å². The largest absolute Gasteiger partial charge is 0.389 e. The minimum atomic E-state index is -1.17. The van der Waals surface area contributed by atoms with Crippen molar-refractivity contribution in [3.63, 3.8) is 0 Å². The zero-order chi connectivity index (χ0) is 36.5. The van der Waals surface area contributed by atoms with Crippen LogP contribution in [0.15, 0.2) is 72.9 Å². The highest BCUT2D eigenvalue weighted by atomic mass is 19.1. The van der Waals surface area contributed by atoms with Crippen LogP contribution in [0, 0.1) is 17.6 Å². The number of aliphatic hydroxyl groups excluding tert-OH is 1. The summed E-state index contributed by atoms with van der Waals surface area (Å²) in [6, 6.07) is 15.9. The van der Waals surface area contributed by atoms with E-state index in [-0.39, 0.29) is 48.8 Å². The first-order valence-corrected chi connectivity index (χ1v) is 17.8. The van der Waals surface area contributed by atoms with Crippen LogP contribution < -0.4 is 16.0 Å². The van der Waals surface area contributed by atoms with Crippen LogP contribution in [0.5, 0.6) is 0 Å². The number of ether oxygens (including phenoxy) is 1. The lowest BCUT2D eigenvalue weighted by molar-refractivity contribution is -0.144. The molecule has 1 unspecified atom stereocenters. The fourth-order valence-corrected chi connectivity index (χ4v) is 7.40. The number of amides is 3. The van der Waals surface area contributed by atoms with Crippen molar-refractivity contribution in [2.75, 3.05) is 13.1 Å². The zero-order valence-corrected chi connectivity index (χ0v) is 29.5. The number of carbonyl (C=O) groups excluding carboxylic acids is 3. The Labute approximate surface area is 298 Å². The molecule has 51 heavy (non-hydrogen) atoms. The quantitative estimate of drug-likeness (QED) is 0.178. The van der Waals surface area contributed by atoms with Crippen LogP contribution in [0.2, 0.25) is 0 Å². The molecule has 2 aliphatic rings. The van der Waals surface area contributed by atoms with Gasteiger partial charge in [0.15, 0.2) is 0 Å². The predicted octanol–water partition coefficient (Wildman–Crippen LogP) is 3.85. The van der Waals surface area contributed by atoms with E-state index in [1.807, 2.05) is 62.4 Å². The van der Waals surface area contributed by atoms with Crippen molar-refractivity contribution in [2.24, 2.45) is 5.92 Å². The lowest BCUT2D eigenvalue weighted by Gasteiger charge is -2.36. The molecule has 0 saturated carbocycles. The molecule has 0 radical (unpaired) electrons. The van der Waals surface area contributed by atoms with Gasteiger partial charge in [-0.25, -0.2) is 8.78 Å². The van der Waals surface area contributed by atoms with Gasteiger partial charge in [0.05, 0.1) is 30.6 Å². The molecule has 1 aromatic heterocycles. The van der Waals surface area contributed by atoms with E-state index >= 15 is 0 Å². The molecule has 7 atom stereocenters. The standard InChI is InChI=1S/C39H49F2N5O5/c1-4-25(2)39(45-26(3)47)15-17-46(38(39)50)35(14-13-27-10-6-5-7-11-27)37(49)44-34(20-28-18-29(40)21-30(41)19-28)36(48)33-22-32(23-43-33)51-24-31-12-8-9-16-42-31/h5-12,16,18-19,21,25,32-36,43,48H,4,13-15,17,20,22-24H2,1-3H3,(H,44,49)(H,45,47)/t25?,32-,33-,34+,35+,36-,39+/m1/s1. The number of rotatable bonds is 16. The van der Waals surface area contributed by atoms with Gasteiger partial charge in [-0.05, 0) is 73.4 Å². The summed E-state index contributed by atoms with van der Waals surface area (Å²) in [5.74, 6) is -2.87. The van der Waals surface area contributed by atoms with Gasteiger partial charge in [-0.15, -0.1) is 0 Å². The van der Waals surface area contributed by atoms with Gasteiger partial charge < -0.3 is 30.7 Å². The van der Waals surface area contributed by atoms with Gasteiger partial charge in [-0.2, -0.15) is 0 Å². The number of nitrogens with zero attached hydrogens (tertiary/aromatic N) is 2. The van der Waals surface area contributed by atoms with Crippen molar-refractivity contribution < 1.29 is 33.0 Å². The van der Waals surface area contributed by atoms with E-state index < -0.39 is 47.3 Å². The summed E-state index contributed by atoms with van der Waals surface area (Å²) in [6.45, 7) is 6.25. The Morgan fingerprint density at radius 2 is 1.82 bits per heavy atom.